The zero-order valence-electron chi connectivity index (χ0n) is 11.8. The third kappa shape index (κ3) is 2.41. The molecule has 0 spiro atoms. The summed E-state index contributed by atoms with van der Waals surface area (Å²) in [4.78, 5) is 15.0. The Bertz CT molecular complexity index is 902. The molecule has 0 aliphatic carbocycles. The van der Waals surface area contributed by atoms with Crippen molar-refractivity contribution in [2.24, 2.45) is 0 Å². The highest BCUT2D eigenvalue weighted by molar-refractivity contribution is 5.96. The lowest BCUT2D eigenvalue weighted by Crippen LogP contribution is -2.14. The van der Waals surface area contributed by atoms with Crippen LogP contribution in [0.2, 0.25) is 0 Å². The molecule has 3 rings (SSSR count). The fourth-order valence-electron chi connectivity index (χ4n) is 2.46. The van der Waals surface area contributed by atoms with Crippen LogP contribution in [0.5, 0.6) is 0 Å². The van der Waals surface area contributed by atoms with Crippen molar-refractivity contribution in [1.82, 2.24) is 14.8 Å². The number of carboxylic acids is 1. The van der Waals surface area contributed by atoms with Crippen LogP contribution in [0.4, 0.5) is 13.2 Å². The first kappa shape index (κ1) is 15.0. The van der Waals surface area contributed by atoms with Crippen molar-refractivity contribution in [3.05, 3.63) is 53.3 Å². The van der Waals surface area contributed by atoms with Crippen LogP contribution < -0.4 is 0 Å². The molecule has 0 saturated heterocycles. The number of alkyl halides is 3. The van der Waals surface area contributed by atoms with Gasteiger partial charge >= 0.3 is 12.1 Å². The van der Waals surface area contributed by atoms with E-state index in [9.17, 15) is 18.0 Å². The Morgan fingerprint density at radius 2 is 1.87 bits per heavy atom. The van der Waals surface area contributed by atoms with Gasteiger partial charge in [-0.2, -0.15) is 18.3 Å². The third-order valence-electron chi connectivity index (χ3n) is 3.39. The molecule has 23 heavy (non-hydrogen) atoms. The largest absolute Gasteiger partial charge is 0.478 e. The monoisotopic (exact) mass is 321 g/mol. The first-order valence-corrected chi connectivity index (χ1v) is 6.55. The van der Waals surface area contributed by atoms with E-state index in [4.69, 9.17) is 5.11 Å². The van der Waals surface area contributed by atoms with Gasteiger partial charge in [-0.1, -0.05) is 18.2 Å². The summed E-state index contributed by atoms with van der Waals surface area (Å²) >= 11 is 0. The molecule has 118 valence electrons. The number of hydrogen-bond acceptors (Lipinski definition) is 3. The number of aromatic carboxylic acids is 1. The Labute approximate surface area is 128 Å². The number of benzene rings is 1. The predicted molar refractivity (Wildman–Crippen MR) is 75.6 cm³/mol. The van der Waals surface area contributed by atoms with Gasteiger partial charge in [0, 0.05) is 6.20 Å². The van der Waals surface area contributed by atoms with Crippen molar-refractivity contribution >= 4 is 17.0 Å². The van der Waals surface area contributed by atoms with E-state index in [-0.39, 0.29) is 16.7 Å². The topological polar surface area (TPSA) is 68.0 Å². The number of nitrogens with zero attached hydrogens (tertiary/aromatic N) is 3. The second kappa shape index (κ2) is 5.08. The fourth-order valence-corrected chi connectivity index (χ4v) is 2.46. The van der Waals surface area contributed by atoms with Gasteiger partial charge in [0.15, 0.2) is 5.65 Å². The van der Waals surface area contributed by atoms with E-state index >= 15 is 0 Å². The van der Waals surface area contributed by atoms with Crippen LogP contribution in [0.25, 0.3) is 16.7 Å². The number of carboxylic acid groups (broad SMARTS) is 1. The highest BCUT2D eigenvalue weighted by Crippen LogP contribution is 2.38. The van der Waals surface area contributed by atoms with Crippen LogP contribution in [0.3, 0.4) is 0 Å². The number of halogens is 3. The molecule has 0 saturated carbocycles. The van der Waals surface area contributed by atoms with Gasteiger partial charge < -0.3 is 5.11 Å². The van der Waals surface area contributed by atoms with E-state index in [1.54, 1.807) is 30.3 Å². The third-order valence-corrected chi connectivity index (χ3v) is 3.39. The lowest BCUT2D eigenvalue weighted by molar-refractivity contribution is -0.136. The maximum atomic E-state index is 13.4. The molecular weight excluding hydrogens is 311 g/mol. The summed E-state index contributed by atoms with van der Waals surface area (Å²) < 4.78 is 41.5. The lowest BCUT2D eigenvalue weighted by Gasteiger charge is -2.11. The summed E-state index contributed by atoms with van der Waals surface area (Å²) in [7, 11) is 0. The molecule has 0 unspecified atom stereocenters. The smallest absolute Gasteiger partial charge is 0.418 e. The van der Waals surface area contributed by atoms with Crippen molar-refractivity contribution in [3.63, 3.8) is 0 Å². The SMILES string of the molecule is Cc1nn(-c2ccccc2)c2ncc(C(=O)O)c(C(F)(F)F)c12. The van der Waals surface area contributed by atoms with Crippen LogP contribution in [-0.2, 0) is 6.18 Å². The van der Waals surface area contributed by atoms with Gasteiger partial charge in [-0.25, -0.2) is 14.5 Å². The minimum Gasteiger partial charge on any atom is -0.478 e. The quantitative estimate of drug-likeness (QED) is 0.785. The molecule has 1 aromatic carbocycles. The van der Waals surface area contributed by atoms with Gasteiger partial charge in [0.2, 0.25) is 0 Å². The van der Waals surface area contributed by atoms with Crippen molar-refractivity contribution in [1.29, 1.82) is 0 Å². The molecule has 3 aromatic rings. The number of pyridine rings is 1. The number of aryl methyl sites for hydroxylation is 1. The lowest BCUT2D eigenvalue weighted by atomic mass is 10.0. The molecule has 5 nitrogen and oxygen atoms in total. The summed E-state index contributed by atoms with van der Waals surface area (Å²) in [6.45, 7) is 1.39. The normalized spacial score (nSPS) is 11.8. The molecular formula is C15H10F3N3O2. The van der Waals surface area contributed by atoms with Crippen molar-refractivity contribution in [3.8, 4) is 5.69 Å². The summed E-state index contributed by atoms with van der Waals surface area (Å²) in [6.07, 6.45) is -4.11. The summed E-state index contributed by atoms with van der Waals surface area (Å²) in [5, 5.41) is 12.8. The second-order valence-corrected chi connectivity index (χ2v) is 4.88. The van der Waals surface area contributed by atoms with Gasteiger partial charge in [-0.15, -0.1) is 0 Å². The van der Waals surface area contributed by atoms with E-state index in [1.165, 1.54) is 11.6 Å². The Morgan fingerprint density at radius 1 is 1.22 bits per heavy atom. The van der Waals surface area contributed by atoms with Gasteiger partial charge in [-0.05, 0) is 19.1 Å². The highest BCUT2D eigenvalue weighted by atomic mass is 19.4. The molecule has 0 atom stereocenters. The molecule has 0 aliphatic heterocycles. The van der Waals surface area contributed by atoms with Crippen LogP contribution in [0, 0.1) is 6.92 Å². The van der Waals surface area contributed by atoms with E-state index in [0.29, 0.717) is 11.9 Å². The number of rotatable bonds is 2. The minimum absolute atomic E-state index is 0.0361. The van der Waals surface area contributed by atoms with Crippen molar-refractivity contribution in [2.45, 2.75) is 13.1 Å². The first-order valence-electron chi connectivity index (χ1n) is 6.55. The number of carbonyl (C=O) groups is 1. The highest BCUT2D eigenvalue weighted by Gasteiger charge is 2.39. The predicted octanol–water partition coefficient (Wildman–Crippen LogP) is 3.45. The Balaban J connectivity index is 2.42. The summed E-state index contributed by atoms with van der Waals surface area (Å²) in [5.41, 5.74) is -1.55. The van der Waals surface area contributed by atoms with Gasteiger partial charge in [0.05, 0.1) is 27.9 Å². The Hall–Kier alpha value is -2.90. The Kier molecular flexibility index (Phi) is 3.32. The van der Waals surface area contributed by atoms with Gasteiger partial charge in [0.1, 0.15) is 0 Å². The van der Waals surface area contributed by atoms with Crippen LogP contribution in [-0.4, -0.2) is 25.8 Å². The average molecular weight is 321 g/mol. The zero-order valence-corrected chi connectivity index (χ0v) is 11.8. The van der Waals surface area contributed by atoms with E-state index < -0.39 is 23.3 Å². The molecule has 0 radical (unpaired) electrons. The van der Waals surface area contributed by atoms with Crippen LogP contribution in [0.15, 0.2) is 36.5 Å². The standard InChI is InChI=1S/C15H10F3N3O2/c1-8-11-12(15(16,17)18)10(14(22)23)7-19-13(11)21(20-8)9-5-3-2-4-6-9/h2-7H,1H3,(H,22,23). The molecule has 2 heterocycles. The Morgan fingerprint density at radius 3 is 2.43 bits per heavy atom. The average Bonchev–Trinajstić information content (AvgIpc) is 2.83. The fraction of sp³-hybridized carbons (Fsp3) is 0.133. The maximum Gasteiger partial charge on any atom is 0.418 e. The minimum atomic E-state index is -4.83. The van der Waals surface area contributed by atoms with E-state index in [2.05, 4.69) is 10.1 Å². The molecule has 2 aromatic heterocycles. The number of fused-ring (bicyclic) bond motifs is 1. The van der Waals surface area contributed by atoms with Gasteiger partial charge in [-0.3, -0.25) is 0 Å². The van der Waals surface area contributed by atoms with Gasteiger partial charge in [0.25, 0.3) is 0 Å². The van der Waals surface area contributed by atoms with E-state index in [1.807, 2.05) is 0 Å². The molecule has 0 fully saturated rings. The van der Waals surface area contributed by atoms with Crippen molar-refractivity contribution < 1.29 is 23.1 Å². The molecule has 0 aliphatic rings. The zero-order chi connectivity index (χ0) is 16.8. The number of para-hydroxylation sites is 1. The summed E-state index contributed by atoms with van der Waals surface area (Å²) in [5.74, 6) is -1.68. The molecule has 0 amide bonds. The first-order chi connectivity index (χ1) is 10.8. The molecule has 0 bridgehead atoms. The number of aromatic nitrogens is 3. The molecule has 1 N–H and O–H groups in total. The van der Waals surface area contributed by atoms with Crippen LogP contribution >= 0.6 is 0 Å². The number of hydrogen-bond donors (Lipinski definition) is 1. The maximum absolute atomic E-state index is 13.4. The van der Waals surface area contributed by atoms with E-state index in [0.717, 1.165) is 0 Å². The van der Waals surface area contributed by atoms with Crippen molar-refractivity contribution in [2.75, 3.05) is 0 Å². The second-order valence-electron chi connectivity index (χ2n) is 4.88. The van der Waals surface area contributed by atoms with Crippen LogP contribution in [0.1, 0.15) is 21.6 Å². The molecule has 8 heteroatoms. The summed E-state index contributed by atoms with van der Waals surface area (Å²) in [6, 6.07) is 8.54.